The van der Waals surface area contributed by atoms with Gasteiger partial charge in [0.25, 0.3) is 5.91 Å². The molecule has 1 aliphatic heterocycles. The maximum atomic E-state index is 12.5. The number of aromatic nitrogens is 3. The highest BCUT2D eigenvalue weighted by Crippen LogP contribution is 2.31. The van der Waals surface area contributed by atoms with E-state index in [4.69, 9.17) is 9.47 Å². The van der Waals surface area contributed by atoms with Gasteiger partial charge in [0.2, 0.25) is 5.88 Å². The molecule has 180 valence electrons. The van der Waals surface area contributed by atoms with Crippen molar-refractivity contribution >= 4 is 22.5 Å². The van der Waals surface area contributed by atoms with Crippen LogP contribution in [0, 0.1) is 0 Å². The van der Waals surface area contributed by atoms with Crippen LogP contribution in [0.1, 0.15) is 30.3 Å². The zero-order valence-electron chi connectivity index (χ0n) is 20.2. The Morgan fingerprint density at radius 1 is 1.24 bits per heavy atom. The number of anilines is 1. The zero-order valence-corrected chi connectivity index (χ0v) is 20.2. The monoisotopic (exact) mass is 464 g/mol. The topological polar surface area (TPSA) is 102 Å². The average Bonchev–Trinajstić information content (AvgIpc) is 2.80. The minimum absolute atomic E-state index is 0.0267. The molecule has 1 amide bonds. The molecule has 1 unspecified atom stereocenters. The molecule has 3 heterocycles. The minimum Gasteiger partial charge on any atom is -0.478 e. The predicted octanol–water partition coefficient (Wildman–Crippen LogP) is 2.97. The summed E-state index contributed by atoms with van der Waals surface area (Å²) in [7, 11) is 5.67. The Kier molecular flexibility index (Phi) is 7.54. The van der Waals surface area contributed by atoms with Crippen LogP contribution in [0.2, 0.25) is 0 Å². The zero-order chi connectivity index (χ0) is 24.1. The first-order valence-electron chi connectivity index (χ1n) is 11.6. The molecule has 34 heavy (non-hydrogen) atoms. The van der Waals surface area contributed by atoms with Crippen molar-refractivity contribution in [2.24, 2.45) is 0 Å². The summed E-state index contributed by atoms with van der Waals surface area (Å²) in [5, 5.41) is 15.4. The molecule has 0 aliphatic carbocycles. The van der Waals surface area contributed by atoms with E-state index in [1.807, 2.05) is 44.4 Å². The van der Waals surface area contributed by atoms with Gasteiger partial charge >= 0.3 is 0 Å². The second-order valence-electron chi connectivity index (χ2n) is 8.76. The molecule has 0 bridgehead atoms. The number of nitrogens with one attached hydrogen (secondary N) is 2. The summed E-state index contributed by atoms with van der Waals surface area (Å²) >= 11 is 0. The molecule has 9 heteroatoms. The van der Waals surface area contributed by atoms with Crippen LogP contribution in [-0.4, -0.2) is 79.0 Å². The summed E-state index contributed by atoms with van der Waals surface area (Å²) in [6.45, 7) is 4.41. The molecule has 4 rings (SSSR count). The molecule has 0 radical (unpaired) electrons. The van der Waals surface area contributed by atoms with Crippen molar-refractivity contribution in [3.8, 4) is 17.0 Å². The van der Waals surface area contributed by atoms with Gasteiger partial charge in [0.15, 0.2) is 5.69 Å². The second-order valence-corrected chi connectivity index (χ2v) is 8.76. The highest BCUT2D eigenvalue weighted by molar-refractivity contribution is 6.06. The second kappa shape index (κ2) is 10.8. The lowest BCUT2D eigenvalue weighted by molar-refractivity contribution is -0.0575. The Hall–Kier alpha value is -3.30. The molecule has 2 aromatic heterocycles. The van der Waals surface area contributed by atoms with Crippen molar-refractivity contribution in [1.82, 2.24) is 25.4 Å². The fraction of sp³-hybridized carbons (Fsp3) is 0.440. The maximum absolute atomic E-state index is 12.5. The summed E-state index contributed by atoms with van der Waals surface area (Å²) in [5.74, 6) is 0.314. The molecule has 1 fully saturated rings. The number of nitrogens with zero attached hydrogens (tertiary/aromatic N) is 4. The van der Waals surface area contributed by atoms with E-state index >= 15 is 0 Å². The molecule has 0 spiro atoms. The van der Waals surface area contributed by atoms with E-state index in [1.54, 1.807) is 13.2 Å². The average molecular weight is 465 g/mol. The third kappa shape index (κ3) is 5.43. The largest absolute Gasteiger partial charge is 0.478 e. The van der Waals surface area contributed by atoms with Gasteiger partial charge in [-0.1, -0.05) is 6.07 Å². The smallest absolute Gasteiger partial charge is 0.273 e. The number of ether oxygens (including phenoxy) is 2. The third-order valence-corrected chi connectivity index (χ3v) is 5.94. The SMILES string of the molecule is CNC(=O)c1nnc2ccc(-c3ccc(OCCCN(C)C)nc3)cc2c1N[C@H](C)C1CCO1. The van der Waals surface area contributed by atoms with Gasteiger partial charge < -0.3 is 25.0 Å². The number of benzene rings is 1. The Labute approximate surface area is 199 Å². The molecular formula is C25H32N6O3. The van der Waals surface area contributed by atoms with Gasteiger partial charge in [0.1, 0.15) is 0 Å². The highest BCUT2D eigenvalue weighted by atomic mass is 16.5. The molecule has 2 N–H and O–H groups in total. The lowest BCUT2D eigenvalue weighted by atomic mass is 10.0. The first kappa shape index (κ1) is 23.8. The summed E-state index contributed by atoms with van der Waals surface area (Å²) in [6, 6.07) is 9.80. The van der Waals surface area contributed by atoms with E-state index in [0.29, 0.717) is 23.7 Å². The molecule has 9 nitrogen and oxygen atoms in total. The van der Waals surface area contributed by atoms with Crippen molar-refractivity contribution in [2.45, 2.75) is 31.9 Å². The number of hydrogen-bond acceptors (Lipinski definition) is 8. The Morgan fingerprint density at radius 2 is 2.03 bits per heavy atom. The lowest BCUT2D eigenvalue weighted by Gasteiger charge is -2.33. The number of rotatable bonds is 10. The fourth-order valence-electron chi connectivity index (χ4n) is 3.87. The van der Waals surface area contributed by atoms with Gasteiger partial charge in [-0.3, -0.25) is 4.79 Å². The van der Waals surface area contributed by atoms with Crippen LogP contribution in [-0.2, 0) is 4.74 Å². The summed E-state index contributed by atoms with van der Waals surface area (Å²) in [5.41, 5.74) is 3.53. The van der Waals surface area contributed by atoms with E-state index in [1.165, 1.54) is 0 Å². The first-order valence-corrected chi connectivity index (χ1v) is 11.6. The summed E-state index contributed by atoms with van der Waals surface area (Å²) in [4.78, 5) is 19.1. The lowest BCUT2D eigenvalue weighted by Crippen LogP contribution is -2.41. The number of carbonyl (C=O) groups is 1. The number of amides is 1. The van der Waals surface area contributed by atoms with Crippen molar-refractivity contribution in [1.29, 1.82) is 0 Å². The number of carbonyl (C=O) groups excluding carboxylic acids is 1. The van der Waals surface area contributed by atoms with E-state index in [-0.39, 0.29) is 23.7 Å². The maximum Gasteiger partial charge on any atom is 0.273 e. The molecule has 1 aliphatic rings. The summed E-state index contributed by atoms with van der Waals surface area (Å²) in [6.07, 6.45) is 3.84. The highest BCUT2D eigenvalue weighted by Gasteiger charge is 2.27. The molecule has 1 aromatic carbocycles. The van der Waals surface area contributed by atoms with Crippen LogP contribution in [0.25, 0.3) is 22.0 Å². The quantitative estimate of drug-likeness (QED) is 0.442. The Morgan fingerprint density at radius 3 is 2.68 bits per heavy atom. The van der Waals surface area contributed by atoms with Crippen LogP contribution in [0.15, 0.2) is 36.5 Å². The standard InChI is InChI=1S/C25H32N6O3/c1-16(21-10-13-33-21)28-23-19-14-17(6-8-20(19)29-30-24(23)25(32)26-2)18-7-9-22(27-15-18)34-12-5-11-31(3)4/h6-9,14-16,21H,5,10-13H2,1-4H3,(H,26,32)(H,28,29)/t16-,21?/m1/s1. The molecular weight excluding hydrogens is 432 g/mol. The van der Waals surface area contributed by atoms with Gasteiger partial charge in [0.05, 0.1) is 23.9 Å². The van der Waals surface area contributed by atoms with Crippen LogP contribution in [0.3, 0.4) is 0 Å². The van der Waals surface area contributed by atoms with E-state index in [0.717, 1.165) is 42.5 Å². The molecule has 1 saturated heterocycles. The van der Waals surface area contributed by atoms with Crippen molar-refractivity contribution in [3.63, 3.8) is 0 Å². The van der Waals surface area contributed by atoms with E-state index in [2.05, 4.69) is 37.6 Å². The van der Waals surface area contributed by atoms with Crippen LogP contribution in [0.5, 0.6) is 5.88 Å². The summed E-state index contributed by atoms with van der Waals surface area (Å²) < 4.78 is 11.4. The first-order chi connectivity index (χ1) is 16.5. The minimum atomic E-state index is -0.290. The fourth-order valence-corrected chi connectivity index (χ4v) is 3.87. The van der Waals surface area contributed by atoms with Crippen LogP contribution >= 0.6 is 0 Å². The number of hydrogen-bond donors (Lipinski definition) is 2. The molecule has 2 atom stereocenters. The normalized spacial score (nSPS) is 16.2. The van der Waals surface area contributed by atoms with E-state index < -0.39 is 0 Å². The van der Waals surface area contributed by atoms with Crippen LogP contribution < -0.4 is 15.4 Å². The van der Waals surface area contributed by atoms with E-state index in [9.17, 15) is 4.79 Å². The number of fused-ring (bicyclic) bond motifs is 1. The van der Waals surface area contributed by atoms with Crippen molar-refractivity contribution < 1.29 is 14.3 Å². The van der Waals surface area contributed by atoms with Crippen molar-refractivity contribution in [2.75, 3.05) is 46.2 Å². The third-order valence-electron chi connectivity index (χ3n) is 5.94. The van der Waals surface area contributed by atoms with Gasteiger partial charge in [-0.05, 0) is 57.6 Å². The Balaban J connectivity index is 1.61. The number of pyridine rings is 1. The van der Waals surface area contributed by atoms with Gasteiger partial charge in [-0.15, -0.1) is 10.2 Å². The molecule has 3 aromatic rings. The van der Waals surface area contributed by atoms with Gasteiger partial charge in [0, 0.05) is 49.5 Å². The Bertz CT molecular complexity index is 1130. The van der Waals surface area contributed by atoms with Crippen molar-refractivity contribution in [3.05, 3.63) is 42.2 Å². The molecule has 0 saturated carbocycles. The van der Waals surface area contributed by atoms with Gasteiger partial charge in [-0.25, -0.2) is 4.98 Å². The van der Waals surface area contributed by atoms with Crippen LogP contribution in [0.4, 0.5) is 5.69 Å². The predicted molar refractivity (Wildman–Crippen MR) is 132 cm³/mol. The van der Waals surface area contributed by atoms with Gasteiger partial charge in [-0.2, -0.15) is 0 Å².